The Morgan fingerprint density at radius 1 is 1.20 bits per heavy atom. The molecule has 3 heterocycles. The van der Waals surface area contributed by atoms with Crippen molar-refractivity contribution >= 4 is 33.5 Å². The van der Waals surface area contributed by atoms with Gasteiger partial charge in [0.15, 0.2) is 0 Å². The summed E-state index contributed by atoms with van der Waals surface area (Å²) < 4.78 is 0.810. The van der Waals surface area contributed by atoms with Gasteiger partial charge in [0.25, 0.3) is 5.91 Å². The minimum absolute atomic E-state index is 0.0145. The molecule has 0 unspecified atom stereocenters. The number of pyridine rings is 1. The summed E-state index contributed by atoms with van der Waals surface area (Å²) in [6.07, 6.45) is 3.28. The lowest BCUT2D eigenvalue weighted by molar-refractivity contribution is 0.0746. The second-order valence-corrected chi connectivity index (χ2v) is 6.78. The van der Waals surface area contributed by atoms with Gasteiger partial charge < -0.3 is 15.1 Å². The molecule has 25 heavy (non-hydrogen) atoms. The van der Waals surface area contributed by atoms with Crippen LogP contribution in [0.3, 0.4) is 0 Å². The summed E-state index contributed by atoms with van der Waals surface area (Å²) in [5.41, 5.74) is 0.607. The van der Waals surface area contributed by atoms with E-state index in [1.807, 2.05) is 24.8 Å². The highest BCUT2D eigenvalue weighted by atomic mass is 79.9. The Morgan fingerprint density at radius 3 is 2.64 bits per heavy atom. The van der Waals surface area contributed by atoms with Crippen LogP contribution < -0.4 is 10.2 Å². The lowest BCUT2D eigenvalue weighted by Crippen LogP contribution is -2.49. The van der Waals surface area contributed by atoms with Gasteiger partial charge in [-0.25, -0.2) is 9.97 Å². The van der Waals surface area contributed by atoms with Crippen molar-refractivity contribution in [3.05, 3.63) is 40.4 Å². The molecule has 0 spiro atoms. The standard InChI is InChI=1S/C17H21BrN6O/c1-3-20-15-9-16(22-12(2)21-15)23-4-6-24(7-5-23)17(25)13-8-14(18)11-19-10-13/h8-11H,3-7H2,1-2H3,(H,20,21,22). The van der Waals surface area contributed by atoms with Gasteiger partial charge in [0, 0.05) is 55.7 Å². The highest BCUT2D eigenvalue weighted by Gasteiger charge is 2.23. The quantitative estimate of drug-likeness (QED) is 0.842. The summed E-state index contributed by atoms with van der Waals surface area (Å²) in [6.45, 7) is 7.56. The van der Waals surface area contributed by atoms with Gasteiger partial charge in [0.2, 0.25) is 0 Å². The summed E-state index contributed by atoms with van der Waals surface area (Å²) in [7, 11) is 0. The first-order chi connectivity index (χ1) is 12.1. The van der Waals surface area contributed by atoms with E-state index in [2.05, 4.69) is 41.1 Å². The van der Waals surface area contributed by atoms with Crippen LogP contribution in [0, 0.1) is 6.92 Å². The normalized spacial score (nSPS) is 14.5. The van der Waals surface area contributed by atoms with Crippen molar-refractivity contribution in [3.63, 3.8) is 0 Å². The molecular formula is C17H21BrN6O. The molecule has 2 aromatic rings. The van der Waals surface area contributed by atoms with Crippen LogP contribution in [0.15, 0.2) is 29.0 Å². The molecule has 0 radical (unpaired) electrons. The van der Waals surface area contributed by atoms with Gasteiger partial charge in [0.05, 0.1) is 5.56 Å². The van der Waals surface area contributed by atoms with Crippen molar-refractivity contribution in [3.8, 4) is 0 Å². The van der Waals surface area contributed by atoms with E-state index in [1.54, 1.807) is 18.5 Å². The second-order valence-electron chi connectivity index (χ2n) is 5.86. The predicted molar refractivity (Wildman–Crippen MR) is 101 cm³/mol. The smallest absolute Gasteiger partial charge is 0.255 e. The van der Waals surface area contributed by atoms with E-state index in [4.69, 9.17) is 0 Å². The molecule has 1 amide bonds. The average molecular weight is 405 g/mol. The Kier molecular flexibility index (Phi) is 5.47. The van der Waals surface area contributed by atoms with Crippen LogP contribution in [0.4, 0.5) is 11.6 Å². The molecule has 1 N–H and O–H groups in total. The number of halogens is 1. The van der Waals surface area contributed by atoms with Gasteiger partial charge in [-0.15, -0.1) is 0 Å². The molecule has 0 saturated carbocycles. The number of aromatic nitrogens is 3. The molecule has 1 aliphatic heterocycles. The number of nitrogens with zero attached hydrogens (tertiary/aromatic N) is 5. The minimum atomic E-state index is 0.0145. The van der Waals surface area contributed by atoms with Gasteiger partial charge in [0.1, 0.15) is 17.5 Å². The van der Waals surface area contributed by atoms with Crippen LogP contribution >= 0.6 is 15.9 Å². The van der Waals surface area contributed by atoms with Gasteiger partial charge in [-0.05, 0) is 35.8 Å². The molecule has 2 aromatic heterocycles. The van der Waals surface area contributed by atoms with E-state index in [1.165, 1.54) is 0 Å². The van der Waals surface area contributed by atoms with Crippen molar-refractivity contribution < 1.29 is 4.79 Å². The fourth-order valence-corrected chi connectivity index (χ4v) is 3.20. The first kappa shape index (κ1) is 17.6. The Bertz CT molecular complexity index is 761. The largest absolute Gasteiger partial charge is 0.370 e. The molecule has 132 valence electrons. The number of hydrogen-bond donors (Lipinski definition) is 1. The van der Waals surface area contributed by atoms with E-state index >= 15 is 0 Å². The Labute approximate surface area is 155 Å². The maximum absolute atomic E-state index is 12.6. The van der Waals surface area contributed by atoms with Crippen molar-refractivity contribution in [1.29, 1.82) is 0 Å². The molecule has 0 aromatic carbocycles. The summed E-state index contributed by atoms with van der Waals surface area (Å²) in [5, 5.41) is 3.23. The zero-order valence-electron chi connectivity index (χ0n) is 14.4. The lowest BCUT2D eigenvalue weighted by Gasteiger charge is -2.35. The number of carbonyl (C=O) groups is 1. The van der Waals surface area contributed by atoms with Crippen LogP contribution in [0.5, 0.6) is 0 Å². The van der Waals surface area contributed by atoms with E-state index in [-0.39, 0.29) is 5.91 Å². The third-order valence-corrected chi connectivity index (χ3v) is 4.46. The van der Waals surface area contributed by atoms with Crippen LogP contribution in [0.2, 0.25) is 0 Å². The lowest BCUT2D eigenvalue weighted by atomic mass is 10.2. The van der Waals surface area contributed by atoms with E-state index in [0.717, 1.165) is 41.6 Å². The first-order valence-corrected chi connectivity index (χ1v) is 9.10. The molecular weight excluding hydrogens is 384 g/mol. The zero-order valence-corrected chi connectivity index (χ0v) is 16.0. The molecule has 7 nitrogen and oxygen atoms in total. The fourth-order valence-electron chi connectivity index (χ4n) is 2.84. The molecule has 3 rings (SSSR count). The molecule has 1 fully saturated rings. The van der Waals surface area contributed by atoms with Gasteiger partial charge in [-0.2, -0.15) is 0 Å². The summed E-state index contributed by atoms with van der Waals surface area (Å²) >= 11 is 3.36. The Hall–Kier alpha value is -2.22. The number of amides is 1. The van der Waals surface area contributed by atoms with Crippen molar-refractivity contribution in [2.45, 2.75) is 13.8 Å². The minimum Gasteiger partial charge on any atom is -0.370 e. The second kappa shape index (κ2) is 7.77. The van der Waals surface area contributed by atoms with E-state index in [9.17, 15) is 4.79 Å². The molecule has 0 bridgehead atoms. The molecule has 8 heteroatoms. The molecule has 1 saturated heterocycles. The number of carbonyl (C=O) groups excluding carboxylic acids is 1. The highest BCUT2D eigenvalue weighted by molar-refractivity contribution is 9.10. The van der Waals surface area contributed by atoms with Crippen LogP contribution in [-0.4, -0.2) is 58.5 Å². The third-order valence-electron chi connectivity index (χ3n) is 4.03. The molecule has 0 atom stereocenters. The number of anilines is 2. The average Bonchev–Trinajstić information content (AvgIpc) is 2.61. The first-order valence-electron chi connectivity index (χ1n) is 8.31. The SMILES string of the molecule is CCNc1cc(N2CCN(C(=O)c3cncc(Br)c3)CC2)nc(C)n1. The number of aryl methyl sites for hydroxylation is 1. The predicted octanol–water partition coefficient (Wildman–Crippen LogP) is 2.34. The molecule has 1 aliphatic rings. The zero-order chi connectivity index (χ0) is 17.8. The topological polar surface area (TPSA) is 74.2 Å². The van der Waals surface area contributed by atoms with Crippen LogP contribution in [0.1, 0.15) is 23.1 Å². The summed E-state index contributed by atoms with van der Waals surface area (Å²) in [4.78, 5) is 29.6. The van der Waals surface area contributed by atoms with E-state index in [0.29, 0.717) is 18.7 Å². The summed E-state index contributed by atoms with van der Waals surface area (Å²) in [6, 6.07) is 3.77. The van der Waals surface area contributed by atoms with Crippen molar-refractivity contribution in [2.24, 2.45) is 0 Å². The summed E-state index contributed by atoms with van der Waals surface area (Å²) in [5.74, 6) is 2.50. The number of piperazine rings is 1. The maximum atomic E-state index is 12.6. The third kappa shape index (κ3) is 4.25. The number of hydrogen-bond acceptors (Lipinski definition) is 6. The van der Waals surface area contributed by atoms with Crippen LogP contribution in [-0.2, 0) is 0 Å². The Balaban J connectivity index is 1.66. The molecule has 0 aliphatic carbocycles. The number of rotatable bonds is 4. The highest BCUT2D eigenvalue weighted by Crippen LogP contribution is 2.19. The fraction of sp³-hybridized carbons (Fsp3) is 0.412. The van der Waals surface area contributed by atoms with Gasteiger partial charge in [-0.1, -0.05) is 0 Å². The van der Waals surface area contributed by atoms with Gasteiger partial charge in [-0.3, -0.25) is 9.78 Å². The number of nitrogens with one attached hydrogen (secondary N) is 1. The Morgan fingerprint density at radius 2 is 1.96 bits per heavy atom. The van der Waals surface area contributed by atoms with Crippen LogP contribution in [0.25, 0.3) is 0 Å². The van der Waals surface area contributed by atoms with Gasteiger partial charge >= 0.3 is 0 Å². The maximum Gasteiger partial charge on any atom is 0.255 e. The van der Waals surface area contributed by atoms with Crippen molar-refractivity contribution in [1.82, 2.24) is 19.9 Å². The van der Waals surface area contributed by atoms with E-state index < -0.39 is 0 Å². The monoisotopic (exact) mass is 404 g/mol. The van der Waals surface area contributed by atoms with Crippen molar-refractivity contribution in [2.75, 3.05) is 42.9 Å².